The molecule has 370 valence electrons. The Morgan fingerprint density at radius 3 is 1.03 bits per heavy atom. The zero-order valence-electron chi connectivity index (χ0n) is 42.6. The molecule has 0 aromatic heterocycles. The number of rotatable bonds is 21. The number of aryl methyl sites for hydroxylation is 2. The van der Waals surface area contributed by atoms with Gasteiger partial charge in [0.1, 0.15) is 23.0 Å². The Kier molecular flexibility index (Phi) is 19.1. The molecule has 0 atom stereocenters. The Morgan fingerprint density at radius 1 is 0.456 bits per heavy atom. The van der Waals surface area contributed by atoms with Crippen LogP contribution < -0.4 is 20.1 Å². The number of hydrogen-bond donors (Lipinski definition) is 4. The number of benzene rings is 4. The highest BCUT2D eigenvalue weighted by molar-refractivity contribution is 5.91. The second kappa shape index (κ2) is 23.8. The number of carbonyl (C=O) groups is 4. The van der Waals surface area contributed by atoms with E-state index in [0.717, 1.165) is 46.2 Å². The first-order chi connectivity index (χ1) is 31.7. The average molecular weight is 937 g/mol. The first-order valence-corrected chi connectivity index (χ1v) is 23.8. The van der Waals surface area contributed by atoms with E-state index in [1.165, 1.54) is 0 Å². The van der Waals surface area contributed by atoms with Crippen molar-refractivity contribution in [3.8, 4) is 23.0 Å². The maximum absolute atomic E-state index is 12.8. The van der Waals surface area contributed by atoms with Crippen LogP contribution in [0.4, 0.5) is 11.4 Å². The standard InChI is InChI=1S/C56H76N2O10/c1-53(2,3)43-31-37(32-44(51(43)63)54(4,5)6)17-27-47(59)57-39-19-23-41(24-20-39)67-35-49(61)65-29-15-13-14-16-30-66-50(62)36-68-42-25-21-40(22-26-42)58-48(60)28-18-38-33-45(55(7,8)9)52(64)46(34-38)56(10,11)12/h19-26,31-34,63-64H,13-18,27-30,35-36H2,1-12H3,(H,57,59)(H,58,60). The number of phenolic OH excluding ortho intramolecular Hbond substituents is 2. The van der Waals surface area contributed by atoms with Gasteiger partial charge in [-0.3, -0.25) is 9.59 Å². The number of ether oxygens (including phenoxy) is 4. The van der Waals surface area contributed by atoms with Crippen LogP contribution in [0.3, 0.4) is 0 Å². The highest BCUT2D eigenvalue weighted by Gasteiger charge is 2.28. The molecule has 0 aliphatic heterocycles. The molecule has 0 fully saturated rings. The van der Waals surface area contributed by atoms with E-state index in [0.29, 0.717) is 60.1 Å². The number of anilines is 2. The molecule has 0 unspecified atom stereocenters. The summed E-state index contributed by atoms with van der Waals surface area (Å²) in [5.74, 6) is 0.335. The van der Waals surface area contributed by atoms with Gasteiger partial charge >= 0.3 is 11.9 Å². The molecule has 0 aliphatic rings. The molecule has 0 spiro atoms. The summed E-state index contributed by atoms with van der Waals surface area (Å²) in [6.45, 7) is 24.8. The molecule has 68 heavy (non-hydrogen) atoms. The third kappa shape index (κ3) is 17.6. The van der Waals surface area contributed by atoms with E-state index < -0.39 is 11.9 Å². The number of carbonyl (C=O) groups excluding carboxylic acids is 4. The molecule has 12 nitrogen and oxygen atoms in total. The van der Waals surface area contributed by atoms with Crippen molar-refractivity contribution in [1.82, 2.24) is 0 Å². The second-order valence-electron chi connectivity index (χ2n) is 21.7. The minimum absolute atomic E-state index is 0.134. The third-order valence-corrected chi connectivity index (χ3v) is 11.4. The topological polar surface area (TPSA) is 170 Å². The Morgan fingerprint density at radius 2 is 0.750 bits per heavy atom. The smallest absolute Gasteiger partial charge is 0.344 e. The van der Waals surface area contributed by atoms with Gasteiger partial charge in [0.05, 0.1) is 13.2 Å². The van der Waals surface area contributed by atoms with Crippen LogP contribution in [0.25, 0.3) is 0 Å². The number of nitrogens with one attached hydrogen (secondary N) is 2. The molecule has 4 aromatic rings. The summed E-state index contributed by atoms with van der Waals surface area (Å²) in [6, 6.07) is 21.6. The summed E-state index contributed by atoms with van der Waals surface area (Å²) < 4.78 is 21.7. The summed E-state index contributed by atoms with van der Waals surface area (Å²) in [7, 11) is 0. The van der Waals surface area contributed by atoms with Crippen LogP contribution in [0.1, 0.15) is 155 Å². The number of phenols is 2. The highest BCUT2D eigenvalue weighted by Crippen LogP contribution is 2.41. The number of aromatic hydroxyl groups is 2. The Balaban J connectivity index is 1.04. The second-order valence-corrected chi connectivity index (χ2v) is 21.7. The minimum Gasteiger partial charge on any atom is -0.507 e. The fourth-order valence-corrected chi connectivity index (χ4v) is 7.49. The van der Waals surface area contributed by atoms with E-state index >= 15 is 0 Å². The van der Waals surface area contributed by atoms with Gasteiger partial charge in [-0.25, -0.2) is 9.59 Å². The van der Waals surface area contributed by atoms with E-state index in [1.807, 2.05) is 24.3 Å². The van der Waals surface area contributed by atoms with Gasteiger partial charge in [0.25, 0.3) is 0 Å². The lowest BCUT2D eigenvalue weighted by molar-refractivity contribution is -0.147. The average Bonchev–Trinajstić information content (AvgIpc) is 3.24. The van der Waals surface area contributed by atoms with Crippen molar-refractivity contribution in [2.45, 2.75) is 156 Å². The minimum atomic E-state index is -0.486. The molecule has 0 saturated carbocycles. The molecule has 4 N–H and O–H groups in total. The zero-order valence-corrected chi connectivity index (χ0v) is 42.6. The van der Waals surface area contributed by atoms with E-state index in [4.69, 9.17) is 18.9 Å². The van der Waals surface area contributed by atoms with Crippen LogP contribution in [0.2, 0.25) is 0 Å². The van der Waals surface area contributed by atoms with Crippen molar-refractivity contribution in [3.63, 3.8) is 0 Å². The molecular formula is C56H76N2O10. The van der Waals surface area contributed by atoms with Gasteiger partial charge in [-0.1, -0.05) is 107 Å². The summed E-state index contributed by atoms with van der Waals surface area (Å²) in [5, 5.41) is 27.8. The summed E-state index contributed by atoms with van der Waals surface area (Å²) in [5.41, 5.74) is 5.70. The SMILES string of the molecule is CC(C)(C)c1cc(CCC(=O)Nc2ccc(OCC(=O)OCCCCCCOC(=O)COc3ccc(NC(=O)CCc4cc(C(C)(C)C)c(O)c(C(C)(C)C)c4)cc3)cc2)cc(C(C)(C)C)c1O. The van der Waals surface area contributed by atoms with Gasteiger partial charge < -0.3 is 39.8 Å². The fraction of sp³-hybridized carbons (Fsp3) is 0.500. The van der Waals surface area contributed by atoms with Crippen molar-refractivity contribution >= 4 is 35.1 Å². The molecule has 0 bridgehead atoms. The van der Waals surface area contributed by atoms with E-state index in [-0.39, 0.29) is 72.7 Å². The number of amides is 2. The molecule has 0 heterocycles. The van der Waals surface area contributed by atoms with Crippen molar-refractivity contribution < 1.29 is 48.3 Å². The molecule has 2 amide bonds. The highest BCUT2D eigenvalue weighted by atomic mass is 16.6. The van der Waals surface area contributed by atoms with Gasteiger partial charge in [-0.05, 0) is 142 Å². The van der Waals surface area contributed by atoms with E-state index in [2.05, 4.69) is 93.7 Å². The predicted molar refractivity (Wildman–Crippen MR) is 269 cm³/mol. The lowest BCUT2D eigenvalue weighted by Gasteiger charge is -2.28. The summed E-state index contributed by atoms with van der Waals surface area (Å²) >= 11 is 0. The first-order valence-electron chi connectivity index (χ1n) is 23.8. The normalized spacial score (nSPS) is 12.0. The number of hydrogen-bond acceptors (Lipinski definition) is 10. The predicted octanol–water partition coefficient (Wildman–Crippen LogP) is 11.5. The van der Waals surface area contributed by atoms with Gasteiger partial charge in [0.15, 0.2) is 13.2 Å². The van der Waals surface area contributed by atoms with Crippen LogP contribution in [-0.4, -0.2) is 60.4 Å². The van der Waals surface area contributed by atoms with Gasteiger partial charge in [-0.2, -0.15) is 0 Å². The van der Waals surface area contributed by atoms with Crippen LogP contribution in [0.5, 0.6) is 23.0 Å². The van der Waals surface area contributed by atoms with Crippen LogP contribution in [0, 0.1) is 0 Å². The monoisotopic (exact) mass is 937 g/mol. The maximum Gasteiger partial charge on any atom is 0.344 e. The van der Waals surface area contributed by atoms with E-state index in [9.17, 15) is 29.4 Å². The Bertz CT molecular complexity index is 2090. The first kappa shape index (κ1) is 54.6. The molecule has 12 heteroatoms. The Hall–Kier alpha value is -6.04. The fourth-order valence-electron chi connectivity index (χ4n) is 7.49. The van der Waals surface area contributed by atoms with E-state index in [1.54, 1.807) is 48.5 Å². The van der Waals surface area contributed by atoms with Crippen LogP contribution in [-0.2, 0) is 63.2 Å². The van der Waals surface area contributed by atoms with Crippen molar-refractivity contribution in [2.75, 3.05) is 37.1 Å². The van der Waals surface area contributed by atoms with Crippen LogP contribution in [0.15, 0.2) is 72.8 Å². The van der Waals surface area contributed by atoms with Gasteiger partial charge in [0, 0.05) is 24.2 Å². The third-order valence-electron chi connectivity index (χ3n) is 11.4. The quantitative estimate of drug-likeness (QED) is 0.0466. The molecule has 0 saturated heterocycles. The molecule has 0 radical (unpaired) electrons. The number of esters is 2. The molecule has 4 rings (SSSR count). The van der Waals surface area contributed by atoms with Crippen molar-refractivity contribution in [3.05, 3.63) is 106 Å². The van der Waals surface area contributed by atoms with Crippen molar-refractivity contribution in [1.29, 1.82) is 0 Å². The molecule has 0 aliphatic carbocycles. The summed E-state index contributed by atoms with van der Waals surface area (Å²) in [4.78, 5) is 50.2. The van der Waals surface area contributed by atoms with Gasteiger partial charge in [-0.15, -0.1) is 0 Å². The largest absolute Gasteiger partial charge is 0.507 e. The number of unbranched alkanes of at least 4 members (excludes halogenated alkanes) is 3. The zero-order chi connectivity index (χ0) is 50.5. The maximum atomic E-state index is 12.8. The molecular weight excluding hydrogens is 861 g/mol. The van der Waals surface area contributed by atoms with Crippen LogP contribution >= 0.6 is 0 Å². The molecule has 4 aromatic carbocycles. The van der Waals surface area contributed by atoms with Crippen molar-refractivity contribution in [2.24, 2.45) is 0 Å². The lowest BCUT2D eigenvalue weighted by Crippen LogP contribution is -2.18. The summed E-state index contributed by atoms with van der Waals surface area (Å²) in [6.07, 6.45) is 4.50. The van der Waals surface area contributed by atoms with Gasteiger partial charge in [0.2, 0.25) is 11.8 Å². The Labute approximate surface area is 404 Å². The lowest BCUT2D eigenvalue weighted by atomic mass is 9.78.